The van der Waals surface area contributed by atoms with Gasteiger partial charge in [-0.1, -0.05) is 12.1 Å². The molecule has 3 N–H and O–H groups in total. The zero-order valence-corrected chi connectivity index (χ0v) is 18.6. The third-order valence-electron chi connectivity index (χ3n) is 5.01. The van der Waals surface area contributed by atoms with Crippen LogP contribution in [0.4, 0.5) is 5.82 Å². The Morgan fingerprint density at radius 3 is 2.67 bits per heavy atom. The van der Waals surface area contributed by atoms with Crippen molar-refractivity contribution in [2.75, 3.05) is 18.5 Å². The third-order valence-corrected chi connectivity index (χ3v) is 5.01. The van der Waals surface area contributed by atoms with Crippen molar-refractivity contribution < 1.29 is 19.7 Å². The lowest BCUT2D eigenvalue weighted by molar-refractivity contribution is 0.0538. The molecule has 0 aliphatic carbocycles. The molecule has 0 saturated carbocycles. The van der Waals surface area contributed by atoms with Crippen molar-refractivity contribution in [2.24, 2.45) is 0 Å². The summed E-state index contributed by atoms with van der Waals surface area (Å²) < 4.78 is 7.18. The highest BCUT2D eigenvalue weighted by atomic mass is 16.5. The van der Waals surface area contributed by atoms with Crippen molar-refractivity contribution >= 4 is 17.4 Å². The number of benzene rings is 1. The highest BCUT2D eigenvalue weighted by Gasteiger charge is 2.20. The fourth-order valence-corrected chi connectivity index (χ4v) is 3.57. The van der Waals surface area contributed by atoms with Gasteiger partial charge in [0.2, 0.25) is 0 Å². The molecule has 0 bridgehead atoms. The standard InChI is InChI=1S/C24H25N5O4/c1-14-10-15(2)25-21(11-14)27-24(32)23-16(3)26-22-9-8-19(28-29(22)23)18-6-4-5-7-20(18)33-13-17(31)12-30/h4-11,17,30-31H,12-13H2,1-3H3,(H,25,27,32)/t17-/m1/s1. The van der Waals surface area contributed by atoms with Crippen LogP contribution >= 0.6 is 0 Å². The van der Waals surface area contributed by atoms with E-state index in [4.69, 9.17) is 9.84 Å². The smallest absolute Gasteiger partial charge is 0.277 e. The number of para-hydroxylation sites is 1. The van der Waals surface area contributed by atoms with Crippen LogP contribution in [-0.4, -0.2) is 55.0 Å². The van der Waals surface area contributed by atoms with E-state index in [1.165, 1.54) is 4.52 Å². The first-order valence-corrected chi connectivity index (χ1v) is 10.5. The molecule has 0 fully saturated rings. The van der Waals surface area contributed by atoms with Crippen LogP contribution in [0.15, 0.2) is 48.5 Å². The highest BCUT2D eigenvalue weighted by molar-refractivity contribution is 6.04. The maximum Gasteiger partial charge on any atom is 0.277 e. The van der Waals surface area contributed by atoms with Gasteiger partial charge in [0, 0.05) is 11.3 Å². The number of aromatic nitrogens is 4. The molecule has 9 nitrogen and oxygen atoms in total. The van der Waals surface area contributed by atoms with Crippen LogP contribution in [0.1, 0.15) is 27.4 Å². The molecule has 3 heterocycles. The number of rotatable bonds is 7. The van der Waals surface area contributed by atoms with Crippen molar-refractivity contribution in [2.45, 2.75) is 26.9 Å². The molecule has 0 unspecified atom stereocenters. The van der Waals surface area contributed by atoms with Crippen molar-refractivity contribution in [1.82, 2.24) is 19.6 Å². The molecule has 0 spiro atoms. The number of carbonyl (C=O) groups excluding carboxylic acids is 1. The monoisotopic (exact) mass is 447 g/mol. The number of imidazole rings is 1. The Hall–Kier alpha value is -3.82. The molecule has 0 aliphatic heterocycles. The summed E-state index contributed by atoms with van der Waals surface area (Å²) in [6, 6.07) is 14.5. The van der Waals surface area contributed by atoms with Gasteiger partial charge in [0.25, 0.3) is 5.91 Å². The number of amides is 1. The van der Waals surface area contributed by atoms with Gasteiger partial charge < -0.3 is 20.3 Å². The van der Waals surface area contributed by atoms with Crippen LogP contribution in [0, 0.1) is 20.8 Å². The minimum Gasteiger partial charge on any atom is -0.490 e. The van der Waals surface area contributed by atoms with Gasteiger partial charge in [-0.05, 0) is 62.7 Å². The predicted octanol–water partition coefficient (Wildman–Crippen LogP) is 2.70. The summed E-state index contributed by atoms with van der Waals surface area (Å²) in [5.41, 5.74) is 4.42. The van der Waals surface area contributed by atoms with E-state index in [0.717, 1.165) is 11.3 Å². The Bertz CT molecular complexity index is 1300. The average Bonchev–Trinajstić information content (AvgIpc) is 3.11. The molecule has 9 heteroatoms. The number of ether oxygens (including phenoxy) is 1. The Kier molecular flexibility index (Phi) is 6.34. The molecule has 4 rings (SSSR count). The van der Waals surface area contributed by atoms with E-state index < -0.39 is 12.7 Å². The SMILES string of the molecule is Cc1cc(C)nc(NC(=O)c2c(C)nc3ccc(-c4ccccc4OC[C@H](O)CO)nn23)c1. The van der Waals surface area contributed by atoms with Gasteiger partial charge >= 0.3 is 0 Å². The van der Waals surface area contributed by atoms with Crippen LogP contribution in [-0.2, 0) is 0 Å². The average molecular weight is 447 g/mol. The summed E-state index contributed by atoms with van der Waals surface area (Å²) in [7, 11) is 0. The van der Waals surface area contributed by atoms with Crippen LogP contribution < -0.4 is 10.1 Å². The lowest BCUT2D eigenvalue weighted by Crippen LogP contribution is -2.21. The predicted molar refractivity (Wildman–Crippen MR) is 123 cm³/mol. The third kappa shape index (κ3) is 4.84. The van der Waals surface area contributed by atoms with Gasteiger partial charge in [-0.25, -0.2) is 14.5 Å². The van der Waals surface area contributed by atoms with Gasteiger partial charge in [-0.15, -0.1) is 0 Å². The van der Waals surface area contributed by atoms with Gasteiger partial charge in [0.05, 0.1) is 18.0 Å². The van der Waals surface area contributed by atoms with E-state index in [9.17, 15) is 9.90 Å². The van der Waals surface area contributed by atoms with Crippen LogP contribution in [0.2, 0.25) is 0 Å². The Balaban J connectivity index is 1.70. The van der Waals surface area contributed by atoms with E-state index in [-0.39, 0.29) is 12.5 Å². The maximum absolute atomic E-state index is 13.1. The normalized spacial score (nSPS) is 12.0. The number of pyridine rings is 1. The summed E-state index contributed by atoms with van der Waals surface area (Å²) in [6.45, 7) is 5.11. The lowest BCUT2D eigenvalue weighted by atomic mass is 10.1. The topological polar surface area (TPSA) is 122 Å². The first-order chi connectivity index (χ1) is 15.9. The number of hydrogen-bond donors (Lipinski definition) is 3. The first kappa shape index (κ1) is 22.4. The van der Waals surface area contributed by atoms with E-state index in [1.54, 1.807) is 37.3 Å². The Labute approximate surface area is 190 Å². The summed E-state index contributed by atoms with van der Waals surface area (Å²) >= 11 is 0. The zero-order chi connectivity index (χ0) is 23.5. The Morgan fingerprint density at radius 2 is 1.91 bits per heavy atom. The van der Waals surface area contributed by atoms with Gasteiger partial charge in [0.15, 0.2) is 11.3 Å². The first-order valence-electron chi connectivity index (χ1n) is 10.5. The molecule has 0 radical (unpaired) electrons. The van der Waals surface area contributed by atoms with E-state index >= 15 is 0 Å². The molecule has 1 aromatic carbocycles. The Morgan fingerprint density at radius 1 is 1.12 bits per heavy atom. The molecule has 1 amide bonds. The lowest BCUT2D eigenvalue weighted by Gasteiger charge is -2.13. The number of nitrogens with one attached hydrogen (secondary N) is 1. The van der Waals surface area contributed by atoms with Crippen molar-refractivity contribution in [3.63, 3.8) is 0 Å². The van der Waals surface area contributed by atoms with Gasteiger partial charge in [-0.2, -0.15) is 5.10 Å². The minimum absolute atomic E-state index is 0.0590. The number of carbonyl (C=O) groups is 1. The number of aliphatic hydroxyl groups is 2. The molecule has 3 aromatic heterocycles. The maximum atomic E-state index is 13.1. The fourth-order valence-electron chi connectivity index (χ4n) is 3.57. The second-order valence-electron chi connectivity index (χ2n) is 7.80. The number of fused-ring (bicyclic) bond motifs is 1. The molecule has 0 aliphatic rings. The summed E-state index contributed by atoms with van der Waals surface area (Å²) in [6.07, 6.45) is -0.987. The fraction of sp³-hybridized carbons (Fsp3) is 0.250. The van der Waals surface area contributed by atoms with Crippen LogP contribution in [0.25, 0.3) is 16.9 Å². The number of anilines is 1. The second kappa shape index (κ2) is 9.35. The quantitative estimate of drug-likeness (QED) is 0.398. The molecule has 4 aromatic rings. The minimum atomic E-state index is -0.987. The second-order valence-corrected chi connectivity index (χ2v) is 7.80. The zero-order valence-electron chi connectivity index (χ0n) is 18.6. The van der Waals surface area contributed by atoms with E-state index in [2.05, 4.69) is 20.4 Å². The van der Waals surface area contributed by atoms with Crippen LogP contribution in [0.3, 0.4) is 0 Å². The van der Waals surface area contributed by atoms with E-state index in [1.807, 2.05) is 32.0 Å². The molecular formula is C24H25N5O4. The van der Waals surface area contributed by atoms with Crippen molar-refractivity contribution in [1.29, 1.82) is 0 Å². The molecule has 170 valence electrons. The molecule has 1 atom stereocenters. The summed E-state index contributed by atoms with van der Waals surface area (Å²) in [5, 5.41) is 26.2. The highest BCUT2D eigenvalue weighted by Crippen LogP contribution is 2.29. The number of aliphatic hydroxyl groups excluding tert-OH is 2. The van der Waals surface area contributed by atoms with Crippen molar-refractivity contribution in [3.8, 4) is 17.0 Å². The summed E-state index contributed by atoms with van der Waals surface area (Å²) in [4.78, 5) is 22.0. The van der Waals surface area contributed by atoms with Crippen LogP contribution in [0.5, 0.6) is 5.75 Å². The van der Waals surface area contributed by atoms with Crippen molar-refractivity contribution in [3.05, 3.63) is 71.2 Å². The number of nitrogens with zero attached hydrogens (tertiary/aromatic N) is 4. The molecular weight excluding hydrogens is 422 g/mol. The molecule has 0 saturated heterocycles. The molecule has 33 heavy (non-hydrogen) atoms. The van der Waals surface area contributed by atoms with E-state index in [0.29, 0.717) is 39.9 Å². The number of aryl methyl sites for hydroxylation is 3. The number of hydrogen-bond acceptors (Lipinski definition) is 7. The summed E-state index contributed by atoms with van der Waals surface area (Å²) in [5.74, 6) is 0.598. The van der Waals surface area contributed by atoms with Gasteiger partial charge in [-0.3, -0.25) is 4.79 Å². The largest absolute Gasteiger partial charge is 0.490 e. The van der Waals surface area contributed by atoms with Gasteiger partial charge in [0.1, 0.15) is 24.3 Å².